The Balaban J connectivity index is 2.15. The van der Waals surface area contributed by atoms with E-state index in [0.717, 1.165) is 15.6 Å². The summed E-state index contributed by atoms with van der Waals surface area (Å²) in [6.07, 6.45) is 0. The second kappa shape index (κ2) is 7.58. The number of amides is 2. The van der Waals surface area contributed by atoms with Crippen LogP contribution in [-0.2, 0) is 11.3 Å². The number of rotatable bonds is 5. The van der Waals surface area contributed by atoms with E-state index in [1.54, 1.807) is 23.1 Å². The van der Waals surface area contributed by atoms with Crippen LogP contribution >= 0.6 is 11.3 Å². The van der Waals surface area contributed by atoms with E-state index in [0.29, 0.717) is 23.7 Å². The maximum absolute atomic E-state index is 12.7. The molecule has 0 saturated heterocycles. The van der Waals surface area contributed by atoms with Crippen LogP contribution in [0.25, 0.3) is 10.1 Å². The second-order valence-corrected chi connectivity index (χ2v) is 6.94. The van der Waals surface area contributed by atoms with E-state index in [1.165, 1.54) is 18.3 Å². The van der Waals surface area contributed by atoms with Crippen molar-refractivity contribution < 1.29 is 14.7 Å². The standard InChI is InChI=1S/C20H20N2O3S/c1-3-21-19(25)18-16-10-9-15(24)11-17(16)26-20(18)22(13(2)23)12-14-7-5-4-6-8-14/h4-11,24H,3,12H2,1-2H3,(H,21,25). The number of nitrogens with one attached hydrogen (secondary N) is 1. The number of aromatic hydroxyl groups is 1. The summed E-state index contributed by atoms with van der Waals surface area (Å²) >= 11 is 1.33. The number of thiophene rings is 1. The third-order valence-corrected chi connectivity index (χ3v) is 5.20. The predicted octanol–water partition coefficient (Wildman–Crippen LogP) is 3.91. The average molecular weight is 368 g/mol. The van der Waals surface area contributed by atoms with Crippen molar-refractivity contribution in [2.75, 3.05) is 11.4 Å². The van der Waals surface area contributed by atoms with Crippen molar-refractivity contribution in [2.24, 2.45) is 0 Å². The van der Waals surface area contributed by atoms with Crippen LogP contribution in [0.4, 0.5) is 5.00 Å². The molecule has 1 aromatic heterocycles. The van der Waals surface area contributed by atoms with Gasteiger partial charge >= 0.3 is 0 Å². The highest BCUT2D eigenvalue weighted by Crippen LogP contribution is 2.40. The highest BCUT2D eigenvalue weighted by Gasteiger charge is 2.25. The van der Waals surface area contributed by atoms with E-state index in [4.69, 9.17) is 0 Å². The zero-order chi connectivity index (χ0) is 18.7. The summed E-state index contributed by atoms with van der Waals surface area (Å²) < 4.78 is 0.764. The van der Waals surface area contributed by atoms with Crippen molar-refractivity contribution in [3.63, 3.8) is 0 Å². The Bertz CT molecular complexity index is 950. The van der Waals surface area contributed by atoms with Gasteiger partial charge in [0.2, 0.25) is 5.91 Å². The lowest BCUT2D eigenvalue weighted by Gasteiger charge is -2.21. The first-order valence-electron chi connectivity index (χ1n) is 8.37. The van der Waals surface area contributed by atoms with Gasteiger partial charge in [-0.2, -0.15) is 0 Å². The molecule has 0 radical (unpaired) electrons. The van der Waals surface area contributed by atoms with Crippen molar-refractivity contribution in [3.05, 3.63) is 59.7 Å². The Kier molecular flexibility index (Phi) is 5.23. The summed E-state index contributed by atoms with van der Waals surface area (Å²) in [5.74, 6) is -0.237. The van der Waals surface area contributed by atoms with Crippen LogP contribution in [0.15, 0.2) is 48.5 Å². The number of hydrogen-bond donors (Lipinski definition) is 2. The van der Waals surface area contributed by atoms with E-state index < -0.39 is 0 Å². The molecule has 0 fully saturated rings. The molecule has 6 heteroatoms. The number of hydrogen-bond acceptors (Lipinski definition) is 4. The summed E-state index contributed by atoms with van der Waals surface area (Å²) in [5, 5.41) is 13.9. The van der Waals surface area contributed by atoms with Gasteiger partial charge in [-0.25, -0.2) is 0 Å². The van der Waals surface area contributed by atoms with Crippen molar-refractivity contribution >= 4 is 38.2 Å². The van der Waals surface area contributed by atoms with Gasteiger partial charge in [0.05, 0.1) is 12.1 Å². The Labute approximate surface area is 155 Å². The van der Waals surface area contributed by atoms with E-state index in [2.05, 4.69) is 5.32 Å². The lowest BCUT2D eigenvalue weighted by Crippen LogP contribution is -2.30. The maximum Gasteiger partial charge on any atom is 0.254 e. The quantitative estimate of drug-likeness (QED) is 0.717. The van der Waals surface area contributed by atoms with Crippen LogP contribution < -0.4 is 10.2 Å². The average Bonchev–Trinajstić information content (AvgIpc) is 2.98. The fourth-order valence-corrected chi connectivity index (χ4v) is 4.10. The monoisotopic (exact) mass is 368 g/mol. The van der Waals surface area contributed by atoms with Gasteiger partial charge in [0.15, 0.2) is 0 Å². The number of phenols is 1. The molecule has 3 aromatic rings. The summed E-state index contributed by atoms with van der Waals surface area (Å²) in [4.78, 5) is 26.7. The topological polar surface area (TPSA) is 69.6 Å². The predicted molar refractivity (Wildman–Crippen MR) is 105 cm³/mol. The molecule has 2 amide bonds. The molecular formula is C20H20N2O3S. The van der Waals surface area contributed by atoms with E-state index in [-0.39, 0.29) is 17.6 Å². The number of phenolic OH excluding ortho intramolecular Hbond substituents is 1. The molecule has 0 spiro atoms. The Morgan fingerprint density at radius 3 is 2.54 bits per heavy atom. The number of carbonyl (C=O) groups excluding carboxylic acids is 2. The molecule has 2 aromatic carbocycles. The van der Waals surface area contributed by atoms with Gasteiger partial charge in [-0.3, -0.25) is 14.5 Å². The molecule has 3 rings (SSSR count). The first-order chi connectivity index (χ1) is 12.5. The minimum Gasteiger partial charge on any atom is -0.508 e. The van der Waals surface area contributed by atoms with Gasteiger partial charge in [-0.1, -0.05) is 30.3 Å². The lowest BCUT2D eigenvalue weighted by molar-refractivity contribution is -0.116. The fourth-order valence-electron chi connectivity index (χ4n) is 2.82. The molecule has 2 N–H and O–H groups in total. The minimum atomic E-state index is -0.223. The zero-order valence-corrected chi connectivity index (χ0v) is 15.5. The number of nitrogens with zero attached hydrogens (tertiary/aromatic N) is 1. The van der Waals surface area contributed by atoms with Crippen LogP contribution in [0, 0.1) is 0 Å². The maximum atomic E-state index is 12.7. The summed E-state index contributed by atoms with van der Waals surface area (Å²) in [6.45, 7) is 4.21. The molecular weight excluding hydrogens is 348 g/mol. The summed E-state index contributed by atoms with van der Waals surface area (Å²) in [7, 11) is 0. The first kappa shape index (κ1) is 17.9. The van der Waals surface area contributed by atoms with Gasteiger partial charge in [-0.05, 0) is 30.7 Å². The number of anilines is 1. The normalized spacial score (nSPS) is 10.7. The molecule has 0 bridgehead atoms. The van der Waals surface area contributed by atoms with E-state index in [1.807, 2.05) is 37.3 Å². The summed E-state index contributed by atoms with van der Waals surface area (Å²) in [6, 6.07) is 14.5. The van der Waals surface area contributed by atoms with Crippen molar-refractivity contribution in [2.45, 2.75) is 20.4 Å². The molecule has 0 aliphatic rings. The molecule has 0 unspecified atom stereocenters. The Hall–Kier alpha value is -2.86. The van der Waals surface area contributed by atoms with E-state index in [9.17, 15) is 14.7 Å². The number of benzene rings is 2. The number of carbonyl (C=O) groups is 2. The summed E-state index contributed by atoms with van der Waals surface area (Å²) in [5.41, 5.74) is 1.45. The highest BCUT2D eigenvalue weighted by molar-refractivity contribution is 7.23. The van der Waals surface area contributed by atoms with Crippen molar-refractivity contribution in [1.82, 2.24) is 5.32 Å². The lowest BCUT2D eigenvalue weighted by atomic mass is 10.1. The minimum absolute atomic E-state index is 0.130. The molecule has 0 saturated carbocycles. The zero-order valence-electron chi connectivity index (χ0n) is 14.7. The molecule has 0 aliphatic carbocycles. The van der Waals surface area contributed by atoms with Crippen molar-refractivity contribution in [1.29, 1.82) is 0 Å². The van der Waals surface area contributed by atoms with Crippen LogP contribution in [0.3, 0.4) is 0 Å². The first-order valence-corrected chi connectivity index (χ1v) is 9.18. The molecule has 134 valence electrons. The smallest absolute Gasteiger partial charge is 0.254 e. The molecule has 0 atom stereocenters. The number of fused-ring (bicyclic) bond motifs is 1. The second-order valence-electron chi connectivity index (χ2n) is 5.91. The highest BCUT2D eigenvalue weighted by atomic mass is 32.1. The van der Waals surface area contributed by atoms with Gasteiger partial charge in [-0.15, -0.1) is 11.3 Å². The van der Waals surface area contributed by atoms with Crippen LogP contribution in [0.1, 0.15) is 29.8 Å². The molecule has 0 aliphatic heterocycles. The largest absolute Gasteiger partial charge is 0.508 e. The Morgan fingerprint density at radius 2 is 1.88 bits per heavy atom. The van der Waals surface area contributed by atoms with Gasteiger partial charge in [0.1, 0.15) is 10.8 Å². The van der Waals surface area contributed by atoms with Gasteiger partial charge < -0.3 is 10.4 Å². The molecule has 26 heavy (non-hydrogen) atoms. The van der Waals surface area contributed by atoms with E-state index >= 15 is 0 Å². The third-order valence-electron chi connectivity index (χ3n) is 4.03. The Morgan fingerprint density at radius 1 is 1.15 bits per heavy atom. The van der Waals surface area contributed by atoms with Crippen LogP contribution in [0.5, 0.6) is 5.75 Å². The fraction of sp³-hybridized carbons (Fsp3) is 0.200. The van der Waals surface area contributed by atoms with Gasteiger partial charge in [0, 0.05) is 23.6 Å². The van der Waals surface area contributed by atoms with Crippen LogP contribution in [-0.4, -0.2) is 23.5 Å². The van der Waals surface area contributed by atoms with Gasteiger partial charge in [0.25, 0.3) is 5.91 Å². The van der Waals surface area contributed by atoms with Crippen molar-refractivity contribution in [3.8, 4) is 5.75 Å². The van der Waals surface area contributed by atoms with Crippen LogP contribution in [0.2, 0.25) is 0 Å². The third kappa shape index (κ3) is 3.55. The molecule has 5 nitrogen and oxygen atoms in total. The SMILES string of the molecule is CCNC(=O)c1c(N(Cc2ccccc2)C(C)=O)sc2cc(O)ccc12. The molecule has 1 heterocycles.